The summed E-state index contributed by atoms with van der Waals surface area (Å²) in [6, 6.07) is 14.7. The number of aliphatic hydroxyl groups excluding tert-OH is 1. The Labute approximate surface area is 153 Å². The monoisotopic (exact) mass is 403 g/mol. The van der Waals surface area contributed by atoms with Gasteiger partial charge in [-0.2, -0.15) is 0 Å². The maximum absolute atomic E-state index is 12.0. The van der Waals surface area contributed by atoms with Crippen molar-refractivity contribution in [1.82, 2.24) is 5.32 Å². The van der Waals surface area contributed by atoms with E-state index in [0.29, 0.717) is 30.1 Å². The van der Waals surface area contributed by atoms with Crippen molar-refractivity contribution in [2.24, 2.45) is 0 Å². The minimum absolute atomic E-state index is 0.0971. The smallest absolute Gasteiger partial charge is 0.220 e. The average Bonchev–Trinajstić information content (AvgIpc) is 3.30. The number of carbonyl (C=O) groups excluding carboxylic acids is 1. The van der Waals surface area contributed by atoms with Gasteiger partial charge in [-0.3, -0.25) is 4.79 Å². The molecule has 3 aromatic rings. The molecule has 1 amide bonds. The summed E-state index contributed by atoms with van der Waals surface area (Å²) in [5.41, 5.74) is 1.08. The molecule has 6 heteroatoms. The van der Waals surface area contributed by atoms with Gasteiger partial charge in [0.15, 0.2) is 11.5 Å². The highest BCUT2D eigenvalue weighted by Crippen LogP contribution is 2.25. The zero-order valence-corrected chi connectivity index (χ0v) is 15.0. The summed E-state index contributed by atoms with van der Waals surface area (Å²) in [6.45, 7) is 0.0971. The van der Waals surface area contributed by atoms with Gasteiger partial charge in [0.1, 0.15) is 11.9 Å². The van der Waals surface area contributed by atoms with E-state index in [4.69, 9.17) is 8.83 Å². The molecule has 0 saturated carbocycles. The van der Waals surface area contributed by atoms with Crippen molar-refractivity contribution in [3.8, 4) is 11.5 Å². The Kier molecular flexibility index (Phi) is 5.73. The van der Waals surface area contributed by atoms with Crippen LogP contribution in [0.3, 0.4) is 0 Å². The van der Waals surface area contributed by atoms with Gasteiger partial charge in [-0.25, -0.2) is 0 Å². The lowest BCUT2D eigenvalue weighted by Gasteiger charge is -2.10. The molecule has 0 aliphatic carbocycles. The van der Waals surface area contributed by atoms with Crippen molar-refractivity contribution >= 4 is 21.8 Å². The van der Waals surface area contributed by atoms with Crippen LogP contribution in [0, 0.1) is 0 Å². The maximum Gasteiger partial charge on any atom is 0.220 e. The van der Waals surface area contributed by atoms with Crippen molar-refractivity contribution < 1.29 is 18.7 Å². The van der Waals surface area contributed by atoms with Crippen LogP contribution in [-0.2, 0) is 11.2 Å². The van der Waals surface area contributed by atoms with Gasteiger partial charge >= 0.3 is 0 Å². The van der Waals surface area contributed by atoms with Gasteiger partial charge in [-0.15, -0.1) is 0 Å². The highest BCUT2D eigenvalue weighted by molar-refractivity contribution is 9.10. The van der Waals surface area contributed by atoms with E-state index in [1.165, 1.54) is 0 Å². The summed E-state index contributed by atoms with van der Waals surface area (Å²) in [4.78, 5) is 12.0. The zero-order valence-electron chi connectivity index (χ0n) is 13.4. The molecule has 3 rings (SSSR count). The Balaban J connectivity index is 1.48. The number of aryl methyl sites for hydroxylation is 1. The van der Waals surface area contributed by atoms with Gasteiger partial charge in [-0.1, -0.05) is 34.1 Å². The quantitative estimate of drug-likeness (QED) is 0.622. The second-order valence-electron chi connectivity index (χ2n) is 5.59. The number of halogens is 1. The second-order valence-corrected chi connectivity index (χ2v) is 6.44. The molecule has 0 bridgehead atoms. The van der Waals surface area contributed by atoms with E-state index < -0.39 is 6.10 Å². The molecule has 0 aliphatic heterocycles. The van der Waals surface area contributed by atoms with Crippen LogP contribution in [0.4, 0.5) is 0 Å². The highest BCUT2D eigenvalue weighted by atomic mass is 79.9. The molecule has 1 atom stereocenters. The number of hydrogen-bond donors (Lipinski definition) is 2. The molecule has 1 aromatic carbocycles. The van der Waals surface area contributed by atoms with E-state index in [-0.39, 0.29) is 12.5 Å². The molecule has 0 radical (unpaired) electrons. The largest absolute Gasteiger partial charge is 0.461 e. The normalized spacial score (nSPS) is 12.1. The van der Waals surface area contributed by atoms with E-state index in [0.717, 1.165) is 10.0 Å². The fraction of sp³-hybridized carbons (Fsp3) is 0.211. The van der Waals surface area contributed by atoms with Crippen molar-refractivity contribution in [1.29, 1.82) is 0 Å². The summed E-state index contributed by atoms with van der Waals surface area (Å²) in [5.74, 6) is 1.40. The molecular weight excluding hydrogens is 386 g/mol. The fourth-order valence-corrected chi connectivity index (χ4v) is 2.91. The number of benzene rings is 1. The van der Waals surface area contributed by atoms with Gasteiger partial charge < -0.3 is 19.3 Å². The Morgan fingerprint density at radius 1 is 1.12 bits per heavy atom. The van der Waals surface area contributed by atoms with Crippen LogP contribution in [0.5, 0.6) is 0 Å². The predicted octanol–water partition coefficient (Wildman–Crippen LogP) is 4.08. The lowest BCUT2D eigenvalue weighted by molar-refractivity contribution is -0.121. The van der Waals surface area contributed by atoms with Crippen LogP contribution in [-0.4, -0.2) is 17.6 Å². The van der Waals surface area contributed by atoms with Crippen LogP contribution in [0.15, 0.2) is 68.1 Å². The van der Waals surface area contributed by atoms with Crippen molar-refractivity contribution in [2.45, 2.75) is 18.9 Å². The number of carbonyl (C=O) groups is 1. The molecule has 2 heterocycles. The second kappa shape index (κ2) is 8.18. The lowest BCUT2D eigenvalue weighted by atomic mass is 10.1. The third-order valence-corrected chi connectivity index (χ3v) is 4.56. The number of furan rings is 2. The van der Waals surface area contributed by atoms with E-state index in [2.05, 4.69) is 21.2 Å². The standard InChI is InChI=1S/C19H18BrNO4/c20-14-5-2-1-4-13(14)7-10-19(23)21-12-15(22)16-8-9-18(25-16)17-6-3-11-24-17/h1-6,8-9,11,15,22H,7,10,12H2,(H,21,23). The van der Waals surface area contributed by atoms with Crippen LogP contribution in [0.2, 0.25) is 0 Å². The van der Waals surface area contributed by atoms with E-state index in [9.17, 15) is 9.90 Å². The topological polar surface area (TPSA) is 75.6 Å². The molecule has 0 spiro atoms. The Morgan fingerprint density at radius 2 is 1.96 bits per heavy atom. The number of amides is 1. The SMILES string of the molecule is O=C(CCc1ccccc1Br)NCC(O)c1ccc(-c2ccco2)o1. The van der Waals surface area contributed by atoms with Gasteiger partial charge in [0.25, 0.3) is 0 Å². The highest BCUT2D eigenvalue weighted by Gasteiger charge is 2.15. The molecule has 0 aliphatic rings. The molecule has 25 heavy (non-hydrogen) atoms. The summed E-state index contributed by atoms with van der Waals surface area (Å²) < 4.78 is 11.8. The summed E-state index contributed by atoms with van der Waals surface area (Å²) >= 11 is 3.47. The van der Waals surface area contributed by atoms with Crippen molar-refractivity contribution in [2.75, 3.05) is 6.54 Å². The first kappa shape index (κ1) is 17.5. The first-order chi connectivity index (χ1) is 12.1. The molecule has 0 fully saturated rings. The number of rotatable bonds is 7. The molecular formula is C19H18BrNO4. The maximum atomic E-state index is 12.0. The third kappa shape index (κ3) is 4.61. The predicted molar refractivity (Wildman–Crippen MR) is 96.8 cm³/mol. The van der Waals surface area contributed by atoms with Crippen molar-refractivity contribution in [3.05, 3.63) is 70.6 Å². The first-order valence-electron chi connectivity index (χ1n) is 7.95. The zero-order chi connectivity index (χ0) is 17.6. The molecule has 0 saturated heterocycles. The molecule has 2 aromatic heterocycles. The molecule has 1 unspecified atom stereocenters. The van der Waals surface area contributed by atoms with Gasteiger partial charge in [0.05, 0.1) is 12.8 Å². The Hall–Kier alpha value is -2.31. The summed E-state index contributed by atoms with van der Waals surface area (Å²) in [5, 5.41) is 12.9. The molecule has 130 valence electrons. The van der Waals surface area contributed by atoms with E-state index in [1.54, 1.807) is 30.5 Å². The van der Waals surface area contributed by atoms with Crippen LogP contribution in [0.1, 0.15) is 23.8 Å². The van der Waals surface area contributed by atoms with Crippen LogP contribution in [0.25, 0.3) is 11.5 Å². The van der Waals surface area contributed by atoms with Gasteiger partial charge in [-0.05, 0) is 42.3 Å². The number of aliphatic hydroxyl groups is 1. The Bertz CT molecular complexity index is 826. The first-order valence-corrected chi connectivity index (χ1v) is 8.74. The minimum atomic E-state index is -0.906. The molecule has 2 N–H and O–H groups in total. The third-order valence-electron chi connectivity index (χ3n) is 3.79. The number of nitrogens with one attached hydrogen (secondary N) is 1. The van der Waals surface area contributed by atoms with E-state index >= 15 is 0 Å². The number of hydrogen-bond acceptors (Lipinski definition) is 4. The minimum Gasteiger partial charge on any atom is -0.461 e. The summed E-state index contributed by atoms with van der Waals surface area (Å²) in [6.07, 6.45) is 1.63. The average molecular weight is 404 g/mol. The summed E-state index contributed by atoms with van der Waals surface area (Å²) in [7, 11) is 0. The van der Waals surface area contributed by atoms with Crippen LogP contribution < -0.4 is 5.32 Å². The van der Waals surface area contributed by atoms with Crippen LogP contribution >= 0.6 is 15.9 Å². The lowest BCUT2D eigenvalue weighted by Crippen LogP contribution is -2.28. The Morgan fingerprint density at radius 3 is 2.72 bits per heavy atom. The van der Waals surface area contributed by atoms with Gasteiger partial charge in [0, 0.05) is 10.9 Å². The van der Waals surface area contributed by atoms with Crippen molar-refractivity contribution in [3.63, 3.8) is 0 Å². The van der Waals surface area contributed by atoms with E-state index in [1.807, 2.05) is 24.3 Å². The fourth-order valence-electron chi connectivity index (χ4n) is 2.43. The molecule has 5 nitrogen and oxygen atoms in total. The van der Waals surface area contributed by atoms with Gasteiger partial charge in [0.2, 0.25) is 5.91 Å².